The Morgan fingerprint density at radius 1 is 0.958 bits per heavy atom. The smallest absolute Gasteiger partial charge is 0.304 e. The van der Waals surface area contributed by atoms with Crippen molar-refractivity contribution in [3.8, 4) is 11.6 Å². The topological polar surface area (TPSA) is 97.9 Å². The lowest BCUT2D eigenvalue weighted by Crippen LogP contribution is -2.30. The largest absolute Gasteiger partial charge is 0.492 e. The number of hydrogen-bond donors (Lipinski definition) is 2. The lowest BCUT2D eigenvalue weighted by Gasteiger charge is -2.12. The van der Waals surface area contributed by atoms with Crippen LogP contribution in [0.2, 0.25) is 0 Å². The van der Waals surface area contributed by atoms with Crippen LogP contribution in [0.15, 0.2) is 75.7 Å². The molecule has 0 bridgehead atoms. The van der Waals surface area contributed by atoms with E-state index in [1.54, 1.807) is 48.5 Å². The lowest BCUT2D eigenvalue weighted by atomic mass is 10.3. The Hall–Kier alpha value is -3.26. The Bertz CT molecular complexity index is 1010. The molecule has 0 saturated carbocycles. The number of rotatable bonds is 3. The highest BCUT2D eigenvalue weighted by Gasteiger charge is 2.16. The molecule has 0 radical (unpaired) electrons. The minimum atomic E-state index is -0.732. The molecule has 0 atom stereocenters. The normalized spacial score (nSPS) is 11.0. The van der Waals surface area contributed by atoms with Crippen molar-refractivity contribution in [2.45, 2.75) is 0 Å². The maximum absolute atomic E-state index is 12.3. The van der Waals surface area contributed by atoms with E-state index in [2.05, 4.69) is 10.2 Å². The Morgan fingerprint density at radius 2 is 1.54 bits per heavy atom. The highest BCUT2D eigenvalue weighted by molar-refractivity contribution is 7.71. The maximum atomic E-state index is 12.3. The zero-order valence-corrected chi connectivity index (χ0v) is 13.2. The van der Waals surface area contributed by atoms with Crippen LogP contribution >= 0.6 is 12.2 Å². The third-order valence-electron chi connectivity index (χ3n) is 3.28. The number of para-hydroxylation sites is 1. The summed E-state index contributed by atoms with van der Waals surface area (Å²) in [5, 5.41) is 18.3. The molecule has 0 amide bonds. The Morgan fingerprint density at radius 3 is 2.17 bits per heavy atom. The van der Waals surface area contributed by atoms with Gasteiger partial charge in [-0.15, -0.1) is 5.11 Å². The fourth-order valence-electron chi connectivity index (χ4n) is 2.10. The minimum Gasteiger partial charge on any atom is -0.492 e. The van der Waals surface area contributed by atoms with Gasteiger partial charge in [-0.25, -0.2) is 0 Å². The monoisotopic (exact) mass is 339 g/mol. The molecule has 1 heterocycles. The molecule has 1 aromatic heterocycles. The van der Waals surface area contributed by atoms with Gasteiger partial charge < -0.3 is 10.9 Å². The summed E-state index contributed by atoms with van der Waals surface area (Å²) in [6.45, 7) is 0. The van der Waals surface area contributed by atoms with E-state index >= 15 is 0 Å². The number of nitrogens with zero attached hydrogens (tertiary/aromatic N) is 4. The molecule has 0 aliphatic rings. The van der Waals surface area contributed by atoms with Crippen LogP contribution in [-0.4, -0.2) is 14.3 Å². The highest BCUT2D eigenvalue weighted by Crippen LogP contribution is 2.27. The van der Waals surface area contributed by atoms with Gasteiger partial charge in [0.25, 0.3) is 0 Å². The number of azo groups is 1. The van der Waals surface area contributed by atoms with Gasteiger partial charge in [0, 0.05) is 0 Å². The minimum absolute atomic E-state index is 0.0534. The fourth-order valence-corrected chi connectivity index (χ4v) is 2.38. The molecular formula is C16H13N5O2S. The van der Waals surface area contributed by atoms with Crippen molar-refractivity contribution in [1.29, 1.82) is 0 Å². The van der Waals surface area contributed by atoms with Gasteiger partial charge in [0.2, 0.25) is 16.3 Å². The predicted molar refractivity (Wildman–Crippen MR) is 93.3 cm³/mol. The molecular weight excluding hydrogens is 326 g/mol. The average Bonchev–Trinajstić information content (AvgIpc) is 2.62. The van der Waals surface area contributed by atoms with Crippen LogP contribution in [-0.2, 0) is 0 Å². The first-order valence-electron chi connectivity index (χ1n) is 6.98. The van der Waals surface area contributed by atoms with Crippen LogP contribution in [0, 0.1) is 4.77 Å². The standard InChI is InChI=1S/C16H13N5O2S/c17-21-15(23)13(19-18-11-7-3-1-4-8-11)14(22)20(16(21)24)12-9-5-2-6-10-12/h1-10,22H,17H2. The molecule has 24 heavy (non-hydrogen) atoms. The van der Waals surface area contributed by atoms with E-state index in [1.165, 1.54) is 4.57 Å². The van der Waals surface area contributed by atoms with Crippen LogP contribution < -0.4 is 11.4 Å². The van der Waals surface area contributed by atoms with E-state index in [4.69, 9.17) is 18.1 Å². The van der Waals surface area contributed by atoms with Gasteiger partial charge in [-0.05, 0) is 36.5 Å². The third kappa shape index (κ3) is 2.82. The number of benzene rings is 2. The predicted octanol–water partition coefficient (Wildman–Crippen LogP) is 3.20. The SMILES string of the molecule is Nn1c(=O)c(N=Nc2ccccc2)c(O)n(-c2ccccc2)c1=S. The number of aromatic hydroxyl groups is 1. The summed E-state index contributed by atoms with van der Waals surface area (Å²) in [4.78, 5) is 12.3. The number of nitrogen functional groups attached to an aromatic ring is 1. The van der Waals surface area contributed by atoms with Crippen molar-refractivity contribution in [2.75, 3.05) is 5.84 Å². The summed E-state index contributed by atoms with van der Waals surface area (Å²) in [6, 6.07) is 17.6. The van der Waals surface area contributed by atoms with Gasteiger partial charge in [-0.1, -0.05) is 36.4 Å². The van der Waals surface area contributed by atoms with Crippen molar-refractivity contribution in [1.82, 2.24) is 9.24 Å². The molecule has 3 rings (SSSR count). The van der Waals surface area contributed by atoms with Gasteiger partial charge in [-0.3, -0.25) is 9.36 Å². The summed E-state index contributed by atoms with van der Waals surface area (Å²) >= 11 is 5.16. The quantitative estimate of drug-likeness (QED) is 0.435. The van der Waals surface area contributed by atoms with Gasteiger partial charge in [-0.2, -0.15) is 9.79 Å². The number of aromatic nitrogens is 2. The second kappa shape index (κ2) is 6.47. The fraction of sp³-hybridized carbons (Fsp3) is 0. The molecule has 0 saturated heterocycles. The van der Waals surface area contributed by atoms with Crippen LogP contribution in [0.5, 0.6) is 5.88 Å². The molecule has 3 aromatic rings. The molecule has 3 N–H and O–H groups in total. The lowest BCUT2D eigenvalue weighted by molar-refractivity contribution is 0.432. The van der Waals surface area contributed by atoms with E-state index < -0.39 is 11.4 Å². The molecule has 0 unspecified atom stereocenters. The molecule has 0 aliphatic carbocycles. The average molecular weight is 339 g/mol. The first-order chi connectivity index (χ1) is 11.6. The van der Waals surface area contributed by atoms with Crippen molar-refractivity contribution in [2.24, 2.45) is 10.2 Å². The van der Waals surface area contributed by atoms with Crippen LogP contribution in [0.25, 0.3) is 5.69 Å². The highest BCUT2D eigenvalue weighted by atomic mass is 32.1. The summed E-state index contributed by atoms with van der Waals surface area (Å²) in [5.74, 6) is 5.31. The second-order valence-electron chi connectivity index (χ2n) is 4.84. The van der Waals surface area contributed by atoms with Crippen molar-refractivity contribution in [3.05, 3.63) is 75.8 Å². The van der Waals surface area contributed by atoms with Crippen LogP contribution in [0.3, 0.4) is 0 Å². The Balaban J connectivity index is 2.21. The van der Waals surface area contributed by atoms with E-state index in [-0.39, 0.29) is 10.5 Å². The zero-order chi connectivity index (χ0) is 17.1. The zero-order valence-electron chi connectivity index (χ0n) is 12.4. The van der Waals surface area contributed by atoms with Gasteiger partial charge in [0.15, 0.2) is 0 Å². The first-order valence-corrected chi connectivity index (χ1v) is 7.38. The molecule has 8 heteroatoms. The van der Waals surface area contributed by atoms with Gasteiger partial charge in [0.05, 0.1) is 11.4 Å². The number of nitrogens with two attached hydrogens (primary N) is 1. The van der Waals surface area contributed by atoms with Crippen molar-refractivity contribution in [3.63, 3.8) is 0 Å². The van der Waals surface area contributed by atoms with Gasteiger partial charge in [0.1, 0.15) is 0 Å². The Labute approximate surface area is 141 Å². The summed E-state index contributed by atoms with van der Waals surface area (Å²) in [6.07, 6.45) is 0. The molecule has 2 aromatic carbocycles. The second-order valence-corrected chi connectivity index (χ2v) is 5.20. The molecule has 120 valence electrons. The van der Waals surface area contributed by atoms with E-state index in [0.29, 0.717) is 11.4 Å². The van der Waals surface area contributed by atoms with Crippen molar-refractivity contribution < 1.29 is 5.11 Å². The maximum Gasteiger partial charge on any atom is 0.304 e. The van der Waals surface area contributed by atoms with Crippen molar-refractivity contribution >= 4 is 23.6 Å². The number of hydrogen-bond acceptors (Lipinski definition) is 6. The Kier molecular flexibility index (Phi) is 4.21. The van der Waals surface area contributed by atoms with Crippen LogP contribution in [0.1, 0.15) is 0 Å². The van der Waals surface area contributed by atoms with E-state index in [9.17, 15) is 9.90 Å². The molecule has 7 nitrogen and oxygen atoms in total. The molecule has 0 aliphatic heterocycles. The summed E-state index contributed by atoms with van der Waals surface area (Å²) in [5.41, 5.74) is 0.0621. The molecule has 0 spiro atoms. The third-order valence-corrected chi connectivity index (χ3v) is 3.66. The first kappa shape index (κ1) is 15.6. The molecule has 0 fully saturated rings. The summed E-state index contributed by atoms with van der Waals surface area (Å²) in [7, 11) is 0. The summed E-state index contributed by atoms with van der Waals surface area (Å²) < 4.78 is 1.96. The van der Waals surface area contributed by atoms with Crippen LogP contribution in [0.4, 0.5) is 11.4 Å². The van der Waals surface area contributed by atoms with E-state index in [1.807, 2.05) is 12.1 Å². The van der Waals surface area contributed by atoms with E-state index in [0.717, 1.165) is 4.68 Å². The van der Waals surface area contributed by atoms with Gasteiger partial charge >= 0.3 is 5.56 Å².